The summed E-state index contributed by atoms with van der Waals surface area (Å²) in [5, 5.41) is 0. The first-order valence-electron chi connectivity index (χ1n) is 9.28. The molecule has 136 valence electrons. The molecule has 1 saturated heterocycles. The summed E-state index contributed by atoms with van der Waals surface area (Å²) in [5.41, 5.74) is 0.786. The third-order valence-corrected chi connectivity index (χ3v) is 5.58. The standard InChI is InChI=1S/C20H28NO4/c1-13(2)16-10-9-14(3)11-17(16)25-20(22)19-18(21(23)12-24-19)15-7-5-4-6-8-15/h4-8,13-14,16-19H,9-12H2,1-3H3/q+1/t14-,16-,17?,18?,19+/m0/s1. The first-order chi connectivity index (χ1) is 12.0. The van der Waals surface area contributed by atoms with Crippen LogP contribution in [-0.2, 0) is 14.3 Å². The zero-order valence-electron chi connectivity index (χ0n) is 15.3. The minimum Gasteiger partial charge on any atom is -0.460 e. The van der Waals surface area contributed by atoms with Gasteiger partial charge in [0.15, 0.2) is 0 Å². The molecule has 5 heteroatoms. The molecule has 0 N–H and O–H groups in total. The molecule has 1 aliphatic heterocycles. The maximum atomic E-state index is 12.8. The van der Waals surface area contributed by atoms with Gasteiger partial charge in [-0.2, -0.15) is 0 Å². The van der Waals surface area contributed by atoms with Crippen LogP contribution in [0.3, 0.4) is 0 Å². The molecule has 1 saturated carbocycles. The zero-order chi connectivity index (χ0) is 18.0. The van der Waals surface area contributed by atoms with Crippen molar-refractivity contribution < 1.29 is 19.0 Å². The predicted octanol–water partition coefficient (Wildman–Crippen LogP) is 3.87. The molecule has 2 aliphatic rings. The average molecular weight is 346 g/mol. The third kappa shape index (κ3) is 3.92. The normalized spacial score (nSPS) is 32.8. The lowest BCUT2D eigenvalue weighted by molar-refractivity contribution is -0.584. The van der Waals surface area contributed by atoms with Gasteiger partial charge >= 0.3 is 5.97 Å². The van der Waals surface area contributed by atoms with Crippen LogP contribution in [-0.4, -0.2) is 29.7 Å². The van der Waals surface area contributed by atoms with Crippen LogP contribution in [0.5, 0.6) is 0 Å². The first kappa shape index (κ1) is 18.1. The van der Waals surface area contributed by atoms with Gasteiger partial charge in [0.1, 0.15) is 6.10 Å². The lowest BCUT2D eigenvalue weighted by Gasteiger charge is -2.37. The van der Waals surface area contributed by atoms with E-state index in [2.05, 4.69) is 20.8 Å². The van der Waals surface area contributed by atoms with Gasteiger partial charge in [-0.05, 0) is 30.6 Å². The van der Waals surface area contributed by atoms with Crippen LogP contribution in [0.25, 0.3) is 0 Å². The van der Waals surface area contributed by atoms with Crippen LogP contribution in [0, 0.1) is 22.7 Å². The average Bonchev–Trinajstić information content (AvgIpc) is 2.97. The SMILES string of the molecule is CC(C)[C@@H]1CC[C@H](C)CC1OC(=O)[C@@H]1OC[N+](=O)C1c1ccccc1. The van der Waals surface area contributed by atoms with E-state index in [-0.39, 0.29) is 12.8 Å². The van der Waals surface area contributed by atoms with Gasteiger partial charge in [0.05, 0.1) is 0 Å². The van der Waals surface area contributed by atoms with Crippen molar-refractivity contribution in [2.45, 2.75) is 58.3 Å². The largest absolute Gasteiger partial charge is 0.460 e. The van der Waals surface area contributed by atoms with Crippen molar-refractivity contribution in [2.24, 2.45) is 17.8 Å². The fourth-order valence-electron chi connectivity index (χ4n) is 4.13. The van der Waals surface area contributed by atoms with E-state index in [1.54, 1.807) is 0 Å². The highest BCUT2D eigenvalue weighted by atomic mass is 16.6. The van der Waals surface area contributed by atoms with Gasteiger partial charge in [0.25, 0.3) is 12.8 Å². The molecule has 3 rings (SSSR count). The Kier molecular flexibility index (Phi) is 5.52. The van der Waals surface area contributed by atoms with Crippen LogP contribution in [0.2, 0.25) is 0 Å². The molecule has 1 aliphatic carbocycles. The van der Waals surface area contributed by atoms with Gasteiger partial charge in [0.2, 0.25) is 6.10 Å². The molecule has 25 heavy (non-hydrogen) atoms. The van der Waals surface area contributed by atoms with E-state index in [4.69, 9.17) is 9.47 Å². The van der Waals surface area contributed by atoms with Gasteiger partial charge in [-0.25, -0.2) is 4.79 Å². The van der Waals surface area contributed by atoms with E-state index in [0.29, 0.717) is 17.8 Å². The number of benzene rings is 1. The first-order valence-corrected chi connectivity index (χ1v) is 9.28. The molecule has 0 radical (unpaired) electrons. The molecule has 5 nitrogen and oxygen atoms in total. The van der Waals surface area contributed by atoms with Crippen LogP contribution in [0.15, 0.2) is 30.3 Å². The van der Waals surface area contributed by atoms with E-state index in [1.165, 1.54) is 6.42 Å². The number of hydrogen-bond donors (Lipinski definition) is 0. The molecular weight excluding hydrogens is 318 g/mol. The maximum absolute atomic E-state index is 12.8. The highest BCUT2D eigenvalue weighted by Crippen LogP contribution is 2.37. The number of carbonyl (C=O) groups excluding carboxylic acids is 1. The molecule has 1 heterocycles. The highest BCUT2D eigenvalue weighted by Gasteiger charge is 2.50. The van der Waals surface area contributed by atoms with E-state index >= 15 is 0 Å². The zero-order valence-corrected chi connectivity index (χ0v) is 15.3. The molecule has 0 bridgehead atoms. The number of hydrogen-bond acceptors (Lipinski definition) is 4. The van der Waals surface area contributed by atoms with E-state index in [1.807, 2.05) is 30.3 Å². The summed E-state index contributed by atoms with van der Waals surface area (Å²) in [6.07, 6.45) is 2.20. The summed E-state index contributed by atoms with van der Waals surface area (Å²) < 4.78 is 12.2. The maximum Gasteiger partial charge on any atom is 0.343 e. The Labute approximate surface area is 149 Å². The second-order valence-electron chi connectivity index (χ2n) is 7.79. The highest BCUT2D eigenvalue weighted by molar-refractivity contribution is 5.76. The summed E-state index contributed by atoms with van der Waals surface area (Å²) in [7, 11) is 0. The smallest absolute Gasteiger partial charge is 0.343 e. The van der Waals surface area contributed by atoms with Gasteiger partial charge in [-0.3, -0.25) is 4.74 Å². The third-order valence-electron chi connectivity index (χ3n) is 5.58. The van der Waals surface area contributed by atoms with Crippen molar-refractivity contribution in [1.29, 1.82) is 0 Å². The Bertz CT molecular complexity index is 615. The molecule has 2 fully saturated rings. The molecule has 0 aromatic heterocycles. The lowest BCUT2D eigenvalue weighted by Crippen LogP contribution is -2.39. The van der Waals surface area contributed by atoms with Crippen LogP contribution in [0.1, 0.15) is 51.6 Å². The second-order valence-corrected chi connectivity index (χ2v) is 7.79. The fraction of sp³-hybridized carbons (Fsp3) is 0.650. The summed E-state index contributed by atoms with van der Waals surface area (Å²) in [6.45, 7) is 6.46. The summed E-state index contributed by atoms with van der Waals surface area (Å²) in [6, 6.07) is 8.68. The fourth-order valence-corrected chi connectivity index (χ4v) is 4.13. The molecular formula is C20H28NO4+. The molecule has 5 atom stereocenters. The summed E-state index contributed by atoms with van der Waals surface area (Å²) in [4.78, 5) is 25.0. The van der Waals surface area contributed by atoms with Crippen molar-refractivity contribution in [3.05, 3.63) is 40.8 Å². The van der Waals surface area contributed by atoms with Crippen molar-refractivity contribution >= 4 is 5.97 Å². The summed E-state index contributed by atoms with van der Waals surface area (Å²) in [5.74, 6) is 0.992. The predicted molar refractivity (Wildman–Crippen MR) is 93.8 cm³/mol. The number of rotatable bonds is 4. The number of nitroso groups, excluding NO2 is 1. The van der Waals surface area contributed by atoms with E-state index in [9.17, 15) is 9.70 Å². The Morgan fingerprint density at radius 1 is 1.24 bits per heavy atom. The summed E-state index contributed by atoms with van der Waals surface area (Å²) >= 11 is 0. The van der Waals surface area contributed by atoms with Gasteiger partial charge in [-0.15, -0.1) is 0 Å². The monoisotopic (exact) mass is 346 g/mol. The Hall–Kier alpha value is -1.75. The Balaban J connectivity index is 1.74. The second kappa shape index (κ2) is 7.65. The minimum atomic E-state index is -0.857. The molecule has 0 amide bonds. The minimum absolute atomic E-state index is 0.0861. The Morgan fingerprint density at radius 3 is 2.64 bits per heavy atom. The van der Waals surface area contributed by atoms with Crippen molar-refractivity contribution in [3.63, 3.8) is 0 Å². The number of nitrogens with zero attached hydrogens (tertiary/aromatic N) is 1. The number of ether oxygens (including phenoxy) is 2. The van der Waals surface area contributed by atoms with Gasteiger partial charge < -0.3 is 4.74 Å². The number of carbonyl (C=O) groups is 1. The molecule has 0 spiro atoms. The Morgan fingerprint density at radius 2 is 1.96 bits per heavy atom. The van der Waals surface area contributed by atoms with Gasteiger partial charge in [0, 0.05) is 15.2 Å². The lowest BCUT2D eigenvalue weighted by atomic mass is 9.75. The van der Waals surface area contributed by atoms with Crippen LogP contribution in [0.4, 0.5) is 0 Å². The topological polar surface area (TPSA) is 55.6 Å². The van der Waals surface area contributed by atoms with Crippen molar-refractivity contribution in [1.82, 2.24) is 0 Å². The number of esters is 1. The van der Waals surface area contributed by atoms with Crippen molar-refractivity contribution in [3.8, 4) is 0 Å². The quantitative estimate of drug-likeness (QED) is 0.613. The van der Waals surface area contributed by atoms with Crippen molar-refractivity contribution in [2.75, 3.05) is 6.73 Å². The van der Waals surface area contributed by atoms with Crippen LogP contribution >= 0.6 is 0 Å². The molecule has 1 aromatic carbocycles. The van der Waals surface area contributed by atoms with E-state index < -0.39 is 18.1 Å². The van der Waals surface area contributed by atoms with E-state index in [0.717, 1.165) is 23.2 Å². The molecule has 2 unspecified atom stereocenters. The van der Waals surface area contributed by atoms with Gasteiger partial charge in [-0.1, -0.05) is 57.5 Å². The molecule has 1 aromatic rings. The van der Waals surface area contributed by atoms with Crippen LogP contribution < -0.4 is 0 Å².